The van der Waals surface area contributed by atoms with Gasteiger partial charge in [-0.2, -0.15) is 0 Å². The smallest absolute Gasteiger partial charge is 0.418 e. The number of hydrogen-bond acceptors (Lipinski definition) is 3. The molecule has 0 aliphatic carbocycles. The van der Waals surface area contributed by atoms with Gasteiger partial charge < -0.3 is 9.05 Å². The molecule has 0 aliphatic heterocycles. The first-order chi connectivity index (χ1) is 9.71. The van der Waals surface area contributed by atoms with Crippen LogP contribution in [0.25, 0.3) is 0 Å². The van der Waals surface area contributed by atoms with E-state index in [1.807, 2.05) is 36.4 Å². The first kappa shape index (κ1) is 14.7. The van der Waals surface area contributed by atoms with Crippen LogP contribution in [0.3, 0.4) is 0 Å². The molecule has 0 atom stereocenters. The quantitative estimate of drug-likeness (QED) is 0.726. The van der Waals surface area contributed by atoms with Crippen LogP contribution in [-0.4, -0.2) is 0 Å². The summed E-state index contributed by atoms with van der Waals surface area (Å²) in [5.74, 6) is 1.17. The number of aryl methyl sites for hydroxylation is 2. The van der Waals surface area contributed by atoms with Gasteiger partial charge in [0.1, 0.15) is 11.5 Å². The van der Waals surface area contributed by atoms with E-state index in [0.29, 0.717) is 11.5 Å². The molecule has 4 heteroatoms. The van der Waals surface area contributed by atoms with Crippen LogP contribution in [0.5, 0.6) is 11.5 Å². The summed E-state index contributed by atoms with van der Waals surface area (Å²) < 4.78 is 22.6. The lowest BCUT2D eigenvalue weighted by Gasteiger charge is -2.09. The van der Waals surface area contributed by atoms with Crippen molar-refractivity contribution in [2.24, 2.45) is 0 Å². The number of hydrogen-bond donors (Lipinski definition) is 0. The Labute approximate surface area is 120 Å². The second-order valence-electron chi connectivity index (χ2n) is 4.46. The fraction of sp³-hybridized carbons (Fsp3) is 0.250. The summed E-state index contributed by atoms with van der Waals surface area (Å²) in [6.07, 6.45) is 1.83. The van der Waals surface area contributed by atoms with E-state index in [9.17, 15) is 4.57 Å². The second kappa shape index (κ2) is 7.16. The van der Waals surface area contributed by atoms with E-state index >= 15 is 0 Å². The van der Waals surface area contributed by atoms with E-state index in [2.05, 4.69) is 13.8 Å². The van der Waals surface area contributed by atoms with Crippen molar-refractivity contribution in [3.63, 3.8) is 0 Å². The Morgan fingerprint density at radius 2 is 1.30 bits per heavy atom. The molecule has 0 bridgehead atoms. The minimum absolute atomic E-state index is 0.583. The second-order valence-corrected chi connectivity index (χ2v) is 5.36. The van der Waals surface area contributed by atoms with E-state index < -0.39 is 8.25 Å². The van der Waals surface area contributed by atoms with E-state index in [1.165, 1.54) is 0 Å². The molecule has 0 N–H and O–H groups in total. The van der Waals surface area contributed by atoms with Crippen molar-refractivity contribution in [1.82, 2.24) is 0 Å². The highest BCUT2D eigenvalue weighted by Crippen LogP contribution is 2.31. The zero-order chi connectivity index (χ0) is 14.4. The van der Waals surface area contributed by atoms with Gasteiger partial charge in [0, 0.05) is 0 Å². The van der Waals surface area contributed by atoms with Crippen LogP contribution >= 0.6 is 8.25 Å². The summed E-state index contributed by atoms with van der Waals surface area (Å²) in [6, 6.07) is 15.1. The summed E-state index contributed by atoms with van der Waals surface area (Å²) in [6.45, 7) is 4.13. The third-order valence-corrected chi connectivity index (χ3v) is 3.82. The molecule has 0 aliphatic rings. The lowest BCUT2D eigenvalue weighted by atomic mass is 10.2. The topological polar surface area (TPSA) is 35.5 Å². The summed E-state index contributed by atoms with van der Waals surface area (Å²) in [5, 5.41) is 0. The highest BCUT2D eigenvalue weighted by Gasteiger charge is 2.05. The lowest BCUT2D eigenvalue weighted by molar-refractivity contribution is 0.415. The Bertz CT molecular complexity index is 544. The van der Waals surface area contributed by atoms with Gasteiger partial charge >= 0.3 is 8.25 Å². The van der Waals surface area contributed by atoms with Gasteiger partial charge in [-0.1, -0.05) is 38.1 Å². The predicted molar refractivity (Wildman–Crippen MR) is 81.9 cm³/mol. The van der Waals surface area contributed by atoms with Crippen LogP contribution in [-0.2, 0) is 17.4 Å². The van der Waals surface area contributed by atoms with Gasteiger partial charge in [0.25, 0.3) is 0 Å². The number of rotatable bonds is 6. The Balaban J connectivity index is 2.01. The molecule has 2 aromatic rings. The minimum Gasteiger partial charge on any atom is -0.418 e. The molecule has 0 spiro atoms. The van der Waals surface area contributed by atoms with Crippen LogP contribution < -0.4 is 9.05 Å². The molecule has 0 saturated carbocycles. The Kier molecular flexibility index (Phi) is 5.25. The minimum atomic E-state index is -2.59. The zero-order valence-electron chi connectivity index (χ0n) is 11.8. The molecule has 3 nitrogen and oxygen atoms in total. The van der Waals surface area contributed by atoms with Gasteiger partial charge in [-0.3, -0.25) is 0 Å². The van der Waals surface area contributed by atoms with Crippen molar-refractivity contribution in [3.8, 4) is 11.5 Å². The van der Waals surface area contributed by atoms with Gasteiger partial charge in [-0.25, -0.2) is 4.57 Å². The first-order valence-electron chi connectivity index (χ1n) is 6.78. The summed E-state index contributed by atoms with van der Waals surface area (Å²) in [7, 11) is -2.59. The van der Waals surface area contributed by atoms with Gasteiger partial charge in [0.05, 0.1) is 0 Å². The molecule has 0 fully saturated rings. The SMILES string of the molecule is CCc1cccc(O[PH](=O)Oc2cccc(CC)c2)c1. The molecule has 0 amide bonds. The average Bonchev–Trinajstić information content (AvgIpc) is 2.47. The van der Waals surface area contributed by atoms with E-state index in [1.54, 1.807) is 12.1 Å². The largest absolute Gasteiger partial charge is 0.418 e. The normalized spacial score (nSPS) is 10.6. The summed E-state index contributed by atoms with van der Waals surface area (Å²) >= 11 is 0. The average molecular weight is 290 g/mol. The maximum atomic E-state index is 11.9. The first-order valence-corrected chi connectivity index (χ1v) is 8.01. The molecule has 2 aromatic carbocycles. The standard InChI is InChI=1S/C16H19O3P/c1-3-13-7-5-9-15(11-13)18-20(17)19-16-10-6-8-14(4-2)12-16/h5-12,20H,3-4H2,1-2H3. The molecular weight excluding hydrogens is 271 g/mol. The highest BCUT2D eigenvalue weighted by atomic mass is 31.1. The third-order valence-electron chi connectivity index (χ3n) is 3.02. The highest BCUT2D eigenvalue weighted by molar-refractivity contribution is 7.34. The zero-order valence-corrected chi connectivity index (χ0v) is 12.8. The summed E-state index contributed by atoms with van der Waals surface area (Å²) in [4.78, 5) is 0. The van der Waals surface area contributed by atoms with Crippen LogP contribution in [0.15, 0.2) is 48.5 Å². The van der Waals surface area contributed by atoms with Crippen LogP contribution in [0, 0.1) is 0 Å². The Morgan fingerprint density at radius 3 is 1.70 bits per heavy atom. The van der Waals surface area contributed by atoms with Gasteiger partial charge in [-0.15, -0.1) is 0 Å². The lowest BCUT2D eigenvalue weighted by Crippen LogP contribution is -1.90. The summed E-state index contributed by atoms with van der Waals surface area (Å²) in [5.41, 5.74) is 2.29. The molecule has 0 radical (unpaired) electrons. The molecule has 2 rings (SSSR count). The molecule has 106 valence electrons. The van der Waals surface area contributed by atoms with Crippen molar-refractivity contribution in [2.45, 2.75) is 26.7 Å². The molecule has 0 saturated heterocycles. The van der Waals surface area contributed by atoms with E-state index in [4.69, 9.17) is 9.05 Å². The predicted octanol–water partition coefficient (Wildman–Crippen LogP) is 4.66. The maximum Gasteiger partial charge on any atom is 0.418 e. The van der Waals surface area contributed by atoms with Crippen molar-refractivity contribution in [1.29, 1.82) is 0 Å². The van der Waals surface area contributed by atoms with Crippen molar-refractivity contribution < 1.29 is 13.6 Å². The third kappa shape index (κ3) is 4.14. The maximum absolute atomic E-state index is 11.9. The fourth-order valence-electron chi connectivity index (χ4n) is 1.87. The molecular formula is C16H19O3P. The Hall–Kier alpha value is -1.73. The molecule has 0 aromatic heterocycles. The molecule has 0 heterocycles. The Morgan fingerprint density at radius 1 is 0.850 bits per heavy atom. The van der Waals surface area contributed by atoms with Gasteiger partial charge in [0.2, 0.25) is 0 Å². The fourth-order valence-corrected chi connectivity index (χ4v) is 2.55. The van der Waals surface area contributed by atoms with Gasteiger partial charge in [-0.05, 0) is 48.2 Å². The number of benzene rings is 2. The van der Waals surface area contributed by atoms with Crippen molar-refractivity contribution in [3.05, 3.63) is 59.7 Å². The van der Waals surface area contributed by atoms with Gasteiger partial charge in [0.15, 0.2) is 0 Å². The van der Waals surface area contributed by atoms with E-state index in [0.717, 1.165) is 24.0 Å². The van der Waals surface area contributed by atoms with Crippen LogP contribution in [0.4, 0.5) is 0 Å². The van der Waals surface area contributed by atoms with E-state index in [-0.39, 0.29) is 0 Å². The van der Waals surface area contributed by atoms with Crippen LogP contribution in [0.2, 0.25) is 0 Å². The monoisotopic (exact) mass is 290 g/mol. The van der Waals surface area contributed by atoms with Crippen molar-refractivity contribution >= 4 is 8.25 Å². The molecule has 20 heavy (non-hydrogen) atoms. The molecule has 0 unspecified atom stereocenters. The van der Waals surface area contributed by atoms with Crippen molar-refractivity contribution in [2.75, 3.05) is 0 Å². The van der Waals surface area contributed by atoms with Crippen LogP contribution in [0.1, 0.15) is 25.0 Å².